The summed E-state index contributed by atoms with van der Waals surface area (Å²) >= 11 is 0. The smallest absolute Gasteiger partial charge is 0.265 e. The normalized spacial score (nSPS) is 15.8. The van der Waals surface area contributed by atoms with Crippen molar-refractivity contribution in [3.05, 3.63) is 47.7 Å². The van der Waals surface area contributed by atoms with Gasteiger partial charge in [-0.05, 0) is 37.2 Å². The highest BCUT2D eigenvalue weighted by Gasteiger charge is 2.25. The van der Waals surface area contributed by atoms with Crippen LogP contribution in [-0.4, -0.2) is 42.2 Å². The molecule has 5 heteroatoms. The van der Waals surface area contributed by atoms with Gasteiger partial charge in [0.25, 0.3) is 5.91 Å². The van der Waals surface area contributed by atoms with E-state index in [9.17, 15) is 10.1 Å². The van der Waals surface area contributed by atoms with E-state index in [0.29, 0.717) is 32.0 Å². The zero-order valence-corrected chi connectivity index (χ0v) is 13.9. The summed E-state index contributed by atoms with van der Waals surface area (Å²) in [6.45, 7) is 2.04. The number of piperidine rings is 1. The van der Waals surface area contributed by atoms with Gasteiger partial charge in [0.2, 0.25) is 0 Å². The number of nitrogens with zero attached hydrogens (tertiary/aromatic N) is 2. The summed E-state index contributed by atoms with van der Waals surface area (Å²) in [5.41, 5.74) is 1.47. The van der Waals surface area contributed by atoms with Gasteiger partial charge < -0.3 is 15.3 Å². The number of carbonyl (C=O) groups excluding carboxylic acids is 1. The maximum atomic E-state index is 12.4. The van der Waals surface area contributed by atoms with Gasteiger partial charge in [0.15, 0.2) is 0 Å². The molecule has 1 aliphatic heterocycles. The number of likely N-dealkylation sites (tertiary alicyclic amines) is 1. The number of aliphatic hydroxyl groups is 1. The van der Waals surface area contributed by atoms with E-state index < -0.39 is 0 Å². The molecule has 128 valence electrons. The molecule has 0 spiro atoms. The van der Waals surface area contributed by atoms with Crippen LogP contribution in [0.3, 0.4) is 0 Å². The fourth-order valence-corrected chi connectivity index (χ4v) is 2.96. The zero-order chi connectivity index (χ0) is 17.2. The average Bonchev–Trinajstić information content (AvgIpc) is 2.63. The van der Waals surface area contributed by atoms with E-state index in [2.05, 4.69) is 29.6 Å². The summed E-state index contributed by atoms with van der Waals surface area (Å²) in [5.74, 6) is 0.390. The summed E-state index contributed by atoms with van der Waals surface area (Å²) in [6.07, 6.45) is 5.05. The van der Waals surface area contributed by atoms with Crippen LogP contribution in [0, 0.1) is 17.2 Å². The first-order valence-corrected chi connectivity index (χ1v) is 8.52. The van der Waals surface area contributed by atoms with Crippen molar-refractivity contribution in [2.45, 2.75) is 25.7 Å². The van der Waals surface area contributed by atoms with Crippen LogP contribution < -0.4 is 5.32 Å². The minimum atomic E-state index is -0.202. The Balaban J connectivity index is 1.82. The van der Waals surface area contributed by atoms with Crippen molar-refractivity contribution in [3.63, 3.8) is 0 Å². The second kappa shape index (κ2) is 9.74. The molecule has 0 radical (unpaired) electrons. The first kappa shape index (κ1) is 18.0. The third kappa shape index (κ3) is 5.39. The monoisotopic (exact) mass is 327 g/mol. The molecule has 1 heterocycles. The van der Waals surface area contributed by atoms with E-state index in [1.165, 1.54) is 11.8 Å². The number of nitrogens with one attached hydrogen (secondary N) is 1. The Morgan fingerprint density at radius 2 is 2.04 bits per heavy atom. The quantitative estimate of drug-likeness (QED) is 0.455. The van der Waals surface area contributed by atoms with Crippen LogP contribution in [0.5, 0.6) is 0 Å². The SMILES string of the molecule is N#C/C(=C/NCCCO)C(=O)N1CCC(Cc2ccccc2)CC1. The van der Waals surface area contributed by atoms with Gasteiger partial charge in [0.1, 0.15) is 11.6 Å². The lowest BCUT2D eigenvalue weighted by molar-refractivity contribution is -0.128. The van der Waals surface area contributed by atoms with Crippen molar-refractivity contribution in [2.75, 3.05) is 26.2 Å². The van der Waals surface area contributed by atoms with Crippen LogP contribution in [0.1, 0.15) is 24.8 Å². The Morgan fingerprint density at radius 3 is 2.67 bits per heavy atom. The highest BCUT2D eigenvalue weighted by Crippen LogP contribution is 2.22. The second-order valence-electron chi connectivity index (χ2n) is 6.13. The molecule has 1 aromatic rings. The molecular formula is C19H25N3O2. The van der Waals surface area contributed by atoms with Gasteiger partial charge in [-0.15, -0.1) is 0 Å². The molecule has 0 atom stereocenters. The van der Waals surface area contributed by atoms with Gasteiger partial charge in [0.05, 0.1) is 0 Å². The molecule has 1 saturated heterocycles. The van der Waals surface area contributed by atoms with E-state index >= 15 is 0 Å². The van der Waals surface area contributed by atoms with Crippen molar-refractivity contribution in [3.8, 4) is 6.07 Å². The molecule has 5 nitrogen and oxygen atoms in total. The average molecular weight is 327 g/mol. The number of rotatable bonds is 7. The Labute approximate surface area is 143 Å². The Bertz CT molecular complexity index is 584. The summed E-state index contributed by atoms with van der Waals surface area (Å²) < 4.78 is 0. The van der Waals surface area contributed by atoms with Gasteiger partial charge in [-0.3, -0.25) is 4.79 Å². The number of nitriles is 1. The second-order valence-corrected chi connectivity index (χ2v) is 6.13. The lowest BCUT2D eigenvalue weighted by atomic mass is 9.90. The van der Waals surface area contributed by atoms with Crippen LogP contribution in [0.25, 0.3) is 0 Å². The fourth-order valence-electron chi connectivity index (χ4n) is 2.96. The van der Waals surface area contributed by atoms with E-state index in [1.807, 2.05) is 12.1 Å². The minimum Gasteiger partial charge on any atom is -0.396 e. The molecule has 1 fully saturated rings. The number of hydrogen-bond donors (Lipinski definition) is 2. The maximum Gasteiger partial charge on any atom is 0.265 e. The van der Waals surface area contributed by atoms with Crippen LogP contribution in [0.2, 0.25) is 0 Å². The molecule has 0 unspecified atom stereocenters. The highest BCUT2D eigenvalue weighted by molar-refractivity contribution is 5.97. The Morgan fingerprint density at radius 1 is 1.33 bits per heavy atom. The molecule has 0 bridgehead atoms. The van der Waals surface area contributed by atoms with Crippen molar-refractivity contribution < 1.29 is 9.90 Å². The predicted octanol–water partition coefficient (Wildman–Crippen LogP) is 1.85. The van der Waals surface area contributed by atoms with E-state index in [1.54, 1.807) is 4.90 Å². The van der Waals surface area contributed by atoms with Crippen molar-refractivity contribution >= 4 is 5.91 Å². The Kier molecular flexibility index (Phi) is 7.31. The molecule has 1 amide bonds. The zero-order valence-electron chi connectivity index (χ0n) is 13.9. The highest BCUT2D eigenvalue weighted by atomic mass is 16.3. The number of aliphatic hydroxyl groups excluding tert-OH is 1. The van der Waals surface area contributed by atoms with Crippen molar-refractivity contribution in [1.82, 2.24) is 10.2 Å². The molecular weight excluding hydrogens is 302 g/mol. The fraction of sp³-hybridized carbons (Fsp3) is 0.474. The van der Waals surface area contributed by atoms with Crippen LogP contribution in [0.4, 0.5) is 0 Å². The minimum absolute atomic E-state index is 0.0889. The van der Waals surface area contributed by atoms with Crippen LogP contribution in [-0.2, 0) is 11.2 Å². The largest absolute Gasteiger partial charge is 0.396 e. The molecule has 0 aliphatic carbocycles. The van der Waals surface area contributed by atoms with E-state index in [-0.39, 0.29) is 18.1 Å². The number of benzene rings is 1. The third-order valence-electron chi connectivity index (χ3n) is 4.35. The maximum absolute atomic E-state index is 12.4. The third-order valence-corrected chi connectivity index (χ3v) is 4.35. The van der Waals surface area contributed by atoms with Gasteiger partial charge in [-0.1, -0.05) is 30.3 Å². The summed E-state index contributed by atoms with van der Waals surface area (Å²) in [4.78, 5) is 14.2. The van der Waals surface area contributed by atoms with Crippen molar-refractivity contribution in [1.29, 1.82) is 5.26 Å². The first-order chi connectivity index (χ1) is 11.7. The lowest BCUT2D eigenvalue weighted by Gasteiger charge is -2.32. The van der Waals surface area contributed by atoms with E-state index in [0.717, 1.165) is 19.3 Å². The summed E-state index contributed by atoms with van der Waals surface area (Å²) in [7, 11) is 0. The van der Waals surface area contributed by atoms with Crippen molar-refractivity contribution in [2.24, 2.45) is 5.92 Å². The Hall–Kier alpha value is -2.32. The van der Waals surface area contributed by atoms with Crippen LogP contribution >= 0.6 is 0 Å². The molecule has 0 aromatic heterocycles. The summed E-state index contributed by atoms with van der Waals surface area (Å²) in [5, 5.41) is 20.8. The summed E-state index contributed by atoms with van der Waals surface area (Å²) in [6, 6.07) is 12.4. The lowest BCUT2D eigenvalue weighted by Crippen LogP contribution is -2.39. The number of amides is 1. The topological polar surface area (TPSA) is 76.4 Å². The first-order valence-electron chi connectivity index (χ1n) is 8.52. The molecule has 24 heavy (non-hydrogen) atoms. The number of carbonyl (C=O) groups is 1. The molecule has 1 aromatic carbocycles. The molecule has 2 N–H and O–H groups in total. The van der Waals surface area contributed by atoms with Gasteiger partial charge in [-0.2, -0.15) is 5.26 Å². The predicted molar refractivity (Wildman–Crippen MR) is 92.9 cm³/mol. The standard InChI is InChI=1S/C19H25N3O2/c20-14-18(15-21-9-4-12-23)19(24)22-10-7-17(8-11-22)13-16-5-2-1-3-6-16/h1-3,5-6,15,17,21,23H,4,7-13H2/b18-15-. The molecule has 0 saturated carbocycles. The van der Waals surface area contributed by atoms with Gasteiger partial charge in [0, 0.05) is 32.4 Å². The van der Waals surface area contributed by atoms with Gasteiger partial charge >= 0.3 is 0 Å². The molecule has 2 rings (SSSR count). The number of hydrogen-bond acceptors (Lipinski definition) is 4. The van der Waals surface area contributed by atoms with Gasteiger partial charge in [-0.25, -0.2) is 0 Å². The van der Waals surface area contributed by atoms with Crippen LogP contribution in [0.15, 0.2) is 42.1 Å². The molecule has 1 aliphatic rings. The van der Waals surface area contributed by atoms with E-state index in [4.69, 9.17) is 5.11 Å².